The zero-order valence-corrected chi connectivity index (χ0v) is 10.7. The van der Waals surface area contributed by atoms with E-state index in [0.717, 1.165) is 15.6 Å². The molecule has 0 aromatic carbocycles. The summed E-state index contributed by atoms with van der Waals surface area (Å²) in [4.78, 5) is 14.5. The van der Waals surface area contributed by atoms with Crippen molar-refractivity contribution >= 4 is 27.3 Å². The first-order valence-corrected chi connectivity index (χ1v) is 6.63. The number of thiazole rings is 1. The van der Waals surface area contributed by atoms with E-state index in [2.05, 4.69) is 4.98 Å². The lowest BCUT2D eigenvalue weighted by atomic mass is 10.6. The van der Waals surface area contributed by atoms with E-state index in [1.807, 2.05) is 0 Å². The lowest BCUT2D eigenvalue weighted by Gasteiger charge is -2.13. The van der Waals surface area contributed by atoms with Gasteiger partial charge in [-0.2, -0.15) is 4.31 Å². The quantitative estimate of drug-likeness (QED) is 0.853. The summed E-state index contributed by atoms with van der Waals surface area (Å²) in [5, 5.41) is 9.19. The molecule has 0 unspecified atom stereocenters. The Kier molecular flexibility index (Phi) is 3.66. The van der Waals surface area contributed by atoms with Gasteiger partial charge in [-0.25, -0.2) is 13.4 Å². The summed E-state index contributed by atoms with van der Waals surface area (Å²) in [7, 11) is -2.50. The van der Waals surface area contributed by atoms with Gasteiger partial charge in [0.05, 0.1) is 10.7 Å². The summed E-state index contributed by atoms with van der Waals surface area (Å²) in [6.07, 6.45) is 0. The molecule has 0 aliphatic rings. The SMILES string of the molecule is Cc1nc(C)c(S(=O)(=O)N(C)CC(=O)O)s1. The van der Waals surface area contributed by atoms with E-state index >= 15 is 0 Å². The molecular weight excluding hydrogens is 252 g/mol. The number of aryl methyl sites for hydroxylation is 2. The van der Waals surface area contributed by atoms with Crippen molar-refractivity contribution in [2.24, 2.45) is 0 Å². The predicted molar refractivity (Wildman–Crippen MR) is 59.0 cm³/mol. The van der Waals surface area contributed by atoms with Crippen LogP contribution in [0.1, 0.15) is 10.7 Å². The van der Waals surface area contributed by atoms with Crippen LogP contribution in [0.4, 0.5) is 0 Å². The predicted octanol–water partition coefficient (Wildman–Crippen LogP) is 0.465. The van der Waals surface area contributed by atoms with Gasteiger partial charge in [-0.3, -0.25) is 4.79 Å². The molecule has 0 bridgehead atoms. The molecule has 0 radical (unpaired) electrons. The van der Waals surface area contributed by atoms with E-state index in [9.17, 15) is 13.2 Å². The number of aliphatic carboxylic acids is 1. The zero-order chi connectivity index (χ0) is 12.5. The van der Waals surface area contributed by atoms with Gasteiger partial charge < -0.3 is 5.11 Å². The third kappa shape index (κ3) is 2.57. The number of nitrogens with zero attached hydrogens (tertiary/aromatic N) is 2. The van der Waals surface area contributed by atoms with Crippen molar-refractivity contribution in [1.82, 2.24) is 9.29 Å². The van der Waals surface area contributed by atoms with Crippen molar-refractivity contribution in [2.45, 2.75) is 18.1 Å². The molecule has 1 aromatic heterocycles. The highest BCUT2D eigenvalue weighted by atomic mass is 32.2. The molecule has 1 heterocycles. The van der Waals surface area contributed by atoms with Crippen LogP contribution in [0.5, 0.6) is 0 Å². The molecule has 1 aromatic rings. The summed E-state index contributed by atoms with van der Waals surface area (Å²) >= 11 is 1.04. The molecule has 90 valence electrons. The number of carbonyl (C=O) groups is 1. The van der Waals surface area contributed by atoms with Crippen LogP contribution in [0.15, 0.2) is 4.21 Å². The fraction of sp³-hybridized carbons (Fsp3) is 0.500. The van der Waals surface area contributed by atoms with Gasteiger partial charge in [-0.1, -0.05) is 0 Å². The maximum absolute atomic E-state index is 11.9. The molecule has 0 aliphatic heterocycles. The summed E-state index contributed by atoms with van der Waals surface area (Å²) in [6, 6.07) is 0. The first-order chi connectivity index (χ1) is 7.25. The topological polar surface area (TPSA) is 87.6 Å². The Morgan fingerprint density at radius 2 is 2.06 bits per heavy atom. The maximum Gasteiger partial charge on any atom is 0.318 e. The Morgan fingerprint density at radius 3 is 2.44 bits per heavy atom. The van der Waals surface area contributed by atoms with E-state index in [-0.39, 0.29) is 4.21 Å². The Hall–Kier alpha value is -0.990. The number of rotatable bonds is 4. The van der Waals surface area contributed by atoms with Crippen LogP contribution in [0.3, 0.4) is 0 Å². The number of hydrogen-bond acceptors (Lipinski definition) is 5. The number of sulfonamides is 1. The van der Waals surface area contributed by atoms with Crippen molar-refractivity contribution in [3.8, 4) is 0 Å². The second kappa shape index (κ2) is 4.48. The van der Waals surface area contributed by atoms with Gasteiger partial charge in [0.2, 0.25) is 0 Å². The van der Waals surface area contributed by atoms with E-state index in [1.54, 1.807) is 13.8 Å². The third-order valence-electron chi connectivity index (χ3n) is 1.86. The molecule has 8 heteroatoms. The average Bonchev–Trinajstić information content (AvgIpc) is 2.44. The van der Waals surface area contributed by atoms with Gasteiger partial charge in [0.25, 0.3) is 10.0 Å². The van der Waals surface area contributed by atoms with E-state index in [1.165, 1.54) is 7.05 Å². The summed E-state index contributed by atoms with van der Waals surface area (Å²) in [6.45, 7) is 2.73. The molecule has 16 heavy (non-hydrogen) atoms. The minimum absolute atomic E-state index is 0.105. The lowest BCUT2D eigenvalue weighted by molar-refractivity contribution is -0.137. The van der Waals surface area contributed by atoms with Crippen LogP contribution in [0.25, 0.3) is 0 Å². The Balaban J connectivity index is 3.11. The van der Waals surface area contributed by atoms with E-state index in [4.69, 9.17) is 5.11 Å². The number of hydrogen-bond donors (Lipinski definition) is 1. The molecule has 0 atom stereocenters. The van der Waals surface area contributed by atoms with Crippen LogP contribution < -0.4 is 0 Å². The molecule has 0 spiro atoms. The van der Waals surface area contributed by atoms with Gasteiger partial charge in [0, 0.05) is 7.05 Å². The standard InChI is InChI=1S/C8H12N2O4S2/c1-5-8(15-6(2)9-5)16(13,14)10(3)4-7(11)12/h4H2,1-3H3,(H,11,12). The number of likely N-dealkylation sites (N-methyl/N-ethyl adjacent to an activating group) is 1. The van der Waals surface area contributed by atoms with Gasteiger partial charge >= 0.3 is 5.97 Å². The molecular formula is C8H12N2O4S2. The monoisotopic (exact) mass is 264 g/mol. The Labute approximate surface area is 97.6 Å². The van der Waals surface area contributed by atoms with Gasteiger partial charge in [-0.05, 0) is 13.8 Å². The molecule has 6 nitrogen and oxygen atoms in total. The summed E-state index contributed by atoms with van der Waals surface area (Å²) in [5.74, 6) is -1.19. The van der Waals surface area contributed by atoms with Gasteiger partial charge in [0.1, 0.15) is 6.54 Å². The van der Waals surface area contributed by atoms with Crippen molar-refractivity contribution in [1.29, 1.82) is 0 Å². The van der Waals surface area contributed by atoms with E-state index in [0.29, 0.717) is 10.7 Å². The third-order valence-corrected chi connectivity index (χ3v) is 5.33. The second-order valence-corrected chi connectivity index (χ2v) is 6.70. The van der Waals surface area contributed by atoms with Crippen LogP contribution >= 0.6 is 11.3 Å². The van der Waals surface area contributed by atoms with Gasteiger partial charge in [0.15, 0.2) is 4.21 Å². The highest BCUT2D eigenvalue weighted by Crippen LogP contribution is 2.25. The lowest BCUT2D eigenvalue weighted by Crippen LogP contribution is -2.31. The van der Waals surface area contributed by atoms with Crippen molar-refractivity contribution in [3.63, 3.8) is 0 Å². The largest absolute Gasteiger partial charge is 0.480 e. The fourth-order valence-corrected chi connectivity index (χ4v) is 3.96. The van der Waals surface area contributed by atoms with Crippen LogP contribution in [0, 0.1) is 13.8 Å². The van der Waals surface area contributed by atoms with Crippen molar-refractivity contribution in [2.75, 3.05) is 13.6 Å². The number of carboxylic acid groups (broad SMARTS) is 1. The van der Waals surface area contributed by atoms with Gasteiger partial charge in [-0.15, -0.1) is 11.3 Å². The average molecular weight is 264 g/mol. The van der Waals surface area contributed by atoms with Crippen LogP contribution in [0.2, 0.25) is 0 Å². The Morgan fingerprint density at radius 1 is 1.50 bits per heavy atom. The normalized spacial score (nSPS) is 12.0. The minimum Gasteiger partial charge on any atom is -0.480 e. The minimum atomic E-state index is -3.74. The first kappa shape index (κ1) is 13.1. The highest BCUT2D eigenvalue weighted by molar-refractivity contribution is 7.91. The maximum atomic E-state index is 11.9. The smallest absolute Gasteiger partial charge is 0.318 e. The number of carboxylic acids is 1. The zero-order valence-electron chi connectivity index (χ0n) is 9.09. The number of aromatic nitrogens is 1. The molecule has 0 saturated heterocycles. The van der Waals surface area contributed by atoms with Crippen molar-refractivity contribution in [3.05, 3.63) is 10.7 Å². The molecule has 0 amide bonds. The Bertz CT molecular complexity index is 506. The van der Waals surface area contributed by atoms with Crippen molar-refractivity contribution < 1.29 is 18.3 Å². The van der Waals surface area contributed by atoms with Crippen LogP contribution in [-0.4, -0.2) is 42.4 Å². The highest BCUT2D eigenvalue weighted by Gasteiger charge is 2.27. The first-order valence-electron chi connectivity index (χ1n) is 4.37. The summed E-state index contributed by atoms with van der Waals surface area (Å²) in [5.41, 5.74) is 0.403. The molecule has 0 aliphatic carbocycles. The summed E-state index contributed by atoms with van der Waals surface area (Å²) < 4.78 is 24.8. The van der Waals surface area contributed by atoms with Crippen LogP contribution in [-0.2, 0) is 14.8 Å². The molecule has 1 rings (SSSR count). The molecule has 0 fully saturated rings. The molecule has 0 saturated carbocycles. The fourth-order valence-electron chi connectivity index (χ4n) is 1.17. The van der Waals surface area contributed by atoms with E-state index < -0.39 is 22.5 Å². The second-order valence-electron chi connectivity index (χ2n) is 3.26. The molecule has 1 N–H and O–H groups in total.